The number of aldehydes is 2. The lowest BCUT2D eigenvalue weighted by Gasteiger charge is -2.16. The topological polar surface area (TPSA) is 34.1 Å². The van der Waals surface area contributed by atoms with Gasteiger partial charge in [-0.15, -0.1) is 22.7 Å². The van der Waals surface area contributed by atoms with Crippen molar-refractivity contribution in [2.24, 2.45) is 5.92 Å². The van der Waals surface area contributed by atoms with Crippen molar-refractivity contribution in [3.05, 3.63) is 43.8 Å². The zero-order valence-electron chi connectivity index (χ0n) is 11.0. The second kappa shape index (κ2) is 6.26. The largest absolute Gasteiger partial charge is 0.297 e. The highest BCUT2D eigenvalue weighted by molar-refractivity contribution is 7.15. The van der Waals surface area contributed by atoms with E-state index in [9.17, 15) is 9.59 Å². The van der Waals surface area contributed by atoms with Gasteiger partial charge in [0.2, 0.25) is 0 Å². The van der Waals surface area contributed by atoms with Gasteiger partial charge in [-0.05, 0) is 36.6 Å². The molecule has 0 aliphatic carbocycles. The number of rotatable bonds is 6. The molecule has 2 aromatic heterocycles. The molecule has 0 N–H and O–H groups in total. The summed E-state index contributed by atoms with van der Waals surface area (Å²) in [6.07, 6.45) is 2.81. The lowest BCUT2D eigenvalue weighted by molar-refractivity contribution is 0.111. The Kier molecular flexibility index (Phi) is 4.66. The molecule has 0 aliphatic rings. The summed E-state index contributed by atoms with van der Waals surface area (Å²) in [6, 6.07) is 7.80. The summed E-state index contributed by atoms with van der Waals surface area (Å²) in [5.74, 6) is 0.853. The molecule has 0 unspecified atom stereocenters. The first kappa shape index (κ1) is 14.2. The molecule has 0 spiro atoms. The van der Waals surface area contributed by atoms with Gasteiger partial charge < -0.3 is 0 Å². The zero-order chi connectivity index (χ0) is 13.8. The minimum atomic E-state index is 0.289. The number of carbonyl (C=O) groups is 2. The molecular weight excluding hydrogens is 276 g/mol. The van der Waals surface area contributed by atoms with Crippen LogP contribution in [0.15, 0.2) is 24.3 Å². The molecule has 0 aromatic carbocycles. The SMILES string of the molecule is CC(C)CC(c1ccc(C=O)s1)c1ccc(C=O)s1. The van der Waals surface area contributed by atoms with Crippen molar-refractivity contribution >= 4 is 35.2 Å². The van der Waals surface area contributed by atoms with Crippen LogP contribution in [0.4, 0.5) is 0 Å². The first-order valence-corrected chi connectivity index (χ1v) is 7.87. The second-order valence-corrected chi connectivity index (χ2v) is 7.19. The van der Waals surface area contributed by atoms with Gasteiger partial charge in [0.15, 0.2) is 12.6 Å². The normalized spacial score (nSPS) is 11.2. The van der Waals surface area contributed by atoms with Gasteiger partial charge in [-0.2, -0.15) is 0 Å². The Morgan fingerprint density at radius 2 is 1.42 bits per heavy atom. The molecular formula is C15H16O2S2. The molecule has 0 amide bonds. The maximum atomic E-state index is 10.8. The summed E-state index contributed by atoms with van der Waals surface area (Å²) in [4.78, 5) is 25.6. The van der Waals surface area contributed by atoms with Gasteiger partial charge in [0.05, 0.1) is 9.75 Å². The van der Waals surface area contributed by atoms with Crippen LogP contribution in [-0.4, -0.2) is 12.6 Å². The Balaban J connectivity index is 2.34. The number of hydrogen-bond acceptors (Lipinski definition) is 4. The molecule has 19 heavy (non-hydrogen) atoms. The van der Waals surface area contributed by atoms with Crippen molar-refractivity contribution in [3.63, 3.8) is 0 Å². The van der Waals surface area contributed by atoms with Crippen LogP contribution >= 0.6 is 22.7 Å². The van der Waals surface area contributed by atoms with Crippen molar-refractivity contribution in [1.82, 2.24) is 0 Å². The summed E-state index contributed by atoms with van der Waals surface area (Å²) < 4.78 is 0. The van der Waals surface area contributed by atoms with Crippen LogP contribution in [0.3, 0.4) is 0 Å². The highest BCUT2D eigenvalue weighted by Gasteiger charge is 2.19. The zero-order valence-corrected chi connectivity index (χ0v) is 12.6. The fourth-order valence-corrected chi connectivity index (χ4v) is 4.07. The first-order chi connectivity index (χ1) is 9.13. The van der Waals surface area contributed by atoms with Crippen molar-refractivity contribution in [2.75, 3.05) is 0 Å². The van der Waals surface area contributed by atoms with Crippen LogP contribution in [-0.2, 0) is 0 Å². The quantitative estimate of drug-likeness (QED) is 0.728. The predicted molar refractivity (Wildman–Crippen MR) is 80.7 cm³/mol. The number of carbonyl (C=O) groups excluding carboxylic acids is 2. The van der Waals surface area contributed by atoms with Crippen LogP contribution in [0.25, 0.3) is 0 Å². The third-order valence-corrected chi connectivity index (χ3v) is 5.17. The Hall–Kier alpha value is -1.26. The van der Waals surface area contributed by atoms with Gasteiger partial charge in [0, 0.05) is 15.7 Å². The molecule has 2 aromatic rings. The maximum Gasteiger partial charge on any atom is 0.160 e. The molecule has 2 nitrogen and oxygen atoms in total. The third-order valence-electron chi connectivity index (χ3n) is 2.92. The lowest BCUT2D eigenvalue weighted by Crippen LogP contribution is -2.01. The van der Waals surface area contributed by atoms with E-state index >= 15 is 0 Å². The van der Waals surface area contributed by atoms with Gasteiger partial charge in [-0.3, -0.25) is 9.59 Å². The molecule has 2 heterocycles. The molecule has 0 fully saturated rings. The van der Waals surface area contributed by atoms with Crippen LogP contribution < -0.4 is 0 Å². The Bertz CT molecular complexity index is 520. The standard InChI is InChI=1S/C15H16O2S2/c1-10(2)7-13(14-5-3-11(8-16)18-14)15-6-4-12(9-17)19-15/h3-6,8-10,13H,7H2,1-2H3. The summed E-state index contributed by atoms with van der Waals surface area (Å²) in [5.41, 5.74) is 0. The average molecular weight is 292 g/mol. The van der Waals surface area contributed by atoms with Gasteiger partial charge in [-0.1, -0.05) is 13.8 Å². The smallest absolute Gasteiger partial charge is 0.160 e. The molecule has 0 atom stereocenters. The van der Waals surface area contributed by atoms with Crippen molar-refractivity contribution in [1.29, 1.82) is 0 Å². The molecule has 0 bridgehead atoms. The fourth-order valence-electron chi connectivity index (χ4n) is 2.08. The molecule has 0 aliphatic heterocycles. The molecule has 0 saturated carbocycles. The third kappa shape index (κ3) is 3.39. The van der Waals surface area contributed by atoms with E-state index in [2.05, 4.69) is 13.8 Å². The van der Waals surface area contributed by atoms with Crippen LogP contribution in [0.1, 0.15) is 55.3 Å². The predicted octanol–water partition coefficient (Wildman–Crippen LogP) is 4.61. The Morgan fingerprint density at radius 3 is 1.74 bits per heavy atom. The number of hydrogen-bond donors (Lipinski definition) is 0. The van der Waals surface area contributed by atoms with E-state index in [0.29, 0.717) is 5.92 Å². The van der Waals surface area contributed by atoms with E-state index in [1.807, 2.05) is 24.3 Å². The van der Waals surface area contributed by atoms with Gasteiger partial charge in [-0.25, -0.2) is 0 Å². The summed E-state index contributed by atoms with van der Waals surface area (Å²) in [7, 11) is 0. The number of thiophene rings is 2. The molecule has 2 rings (SSSR count). The second-order valence-electron chi connectivity index (χ2n) is 4.90. The Morgan fingerprint density at radius 1 is 0.947 bits per heavy atom. The van der Waals surface area contributed by atoms with Gasteiger partial charge in [0.25, 0.3) is 0 Å². The molecule has 0 saturated heterocycles. The molecule has 4 heteroatoms. The highest BCUT2D eigenvalue weighted by Crippen LogP contribution is 2.38. The first-order valence-electron chi connectivity index (χ1n) is 6.24. The minimum absolute atomic E-state index is 0.289. The lowest BCUT2D eigenvalue weighted by atomic mass is 9.94. The monoisotopic (exact) mass is 292 g/mol. The van der Waals surface area contributed by atoms with Crippen LogP contribution in [0.5, 0.6) is 0 Å². The van der Waals surface area contributed by atoms with E-state index in [-0.39, 0.29) is 5.92 Å². The summed E-state index contributed by atoms with van der Waals surface area (Å²) >= 11 is 3.09. The van der Waals surface area contributed by atoms with E-state index in [4.69, 9.17) is 0 Å². The highest BCUT2D eigenvalue weighted by atomic mass is 32.1. The molecule has 100 valence electrons. The van der Waals surface area contributed by atoms with E-state index < -0.39 is 0 Å². The maximum absolute atomic E-state index is 10.8. The summed E-state index contributed by atoms with van der Waals surface area (Å²) in [5, 5.41) is 0. The van der Waals surface area contributed by atoms with E-state index in [1.54, 1.807) is 22.7 Å². The van der Waals surface area contributed by atoms with Crippen LogP contribution in [0, 0.1) is 5.92 Å². The van der Waals surface area contributed by atoms with E-state index in [1.165, 1.54) is 9.75 Å². The molecule has 0 radical (unpaired) electrons. The van der Waals surface area contributed by atoms with Crippen LogP contribution in [0.2, 0.25) is 0 Å². The van der Waals surface area contributed by atoms with E-state index in [0.717, 1.165) is 28.7 Å². The van der Waals surface area contributed by atoms with Gasteiger partial charge >= 0.3 is 0 Å². The minimum Gasteiger partial charge on any atom is -0.297 e. The Labute approximate surface area is 121 Å². The van der Waals surface area contributed by atoms with Crippen molar-refractivity contribution in [3.8, 4) is 0 Å². The van der Waals surface area contributed by atoms with Gasteiger partial charge in [0.1, 0.15) is 0 Å². The fraction of sp³-hybridized carbons (Fsp3) is 0.333. The van der Waals surface area contributed by atoms with Crippen molar-refractivity contribution in [2.45, 2.75) is 26.2 Å². The average Bonchev–Trinajstić information content (AvgIpc) is 3.04. The summed E-state index contributed by atoms with van der Waals surface area (Å²) in [6.45, 7) is 4.38. The van der Waals surface area contributed by atoms with Crippen molar-refractivity contribution < 1.29 is 9.59 Å².